The highest BCUT2D eigenvalue weighted by Crippen LogP contribution is 2.25. The highest BCUT2D eigenvalue weighted by molar-refractivity contribution is 6.42. The first-order valence-electron chi connectivity index (χ1n) is 4.27. The largest absolute Gasteiger partial charge is 0.298 e. The topological polar surface area (TPSA) is 35.8 Å². The van der Waals surface area contributed by atoms with Crippen LogP contribution in [0.2, 0.25) is 10.0 Å². The van der Waals surface area contributed by atoms with Crippen LogP contribution in [0.25, 0.3) is 0 Å². The Kier molecular flexibility index (Phi) is 4.21. The van der Waals surface area contributed by atoms with E-state index in [0.29, 0.717) is 10.0 Å². The molecule has 0 aromatic heterocycles. The third-order valence-corrected chi connectivity index (χ3v) is 2.55. The summed E-state index contributed by atoms with van der Waals surface area (Å²) in [5, 5.41) is 12.9. The van der Waals surface area contributed by atoms with Crippen molar-refractivity contribution in [1.29, 1.82) is 5.26 Å². The maximum atomic E-state index is 8.88. The van der Waals surface area contributed by atoms with Crippen LogP contribution in [-0.4, -0.2) is 6.54 Å². The fraction of sp³-hybridized carbons (Fsp3) is 0.300. The molecule has 1 aromatic carbocycles. The molecule has 0 saturated heterocycles. The van der Waals surface area contributed by atoms with Gasteiger partial charge in [0.15, 0.2) is 0 Å². The molecule has 0 spiro atoms. The first-order chi connectivity index (χ1) is 6.69. The quantitative estimate of drug-likeness (QED) is 0.863. The van der Waals surface area contributed by atoms with Gasteiger partial charge in [0, 0.05) is 0 Å². The molecule has 2 nitrogen and oxygen atoms in total. The number of nitrogens with one attached hydrogen (secondary N) is 1. The second kappa shape index (κ2) is 5.21. The Hall–Kier alpha value is -0.750. The fourth-order valence-corrected chi connectivity index (χ4v) is 1.44. The van der Waals surface area contributed by atoms with Crippen LogP contribution < -0.4 is 5.32 Å². The number of rotatable bonds is 3. The van der Waals surface area contributed by atoms with E-state index in [-0.39, 0.29) is 6.04 Å². The number of nitriles is 1. The Labute approximate surface area is 93.4 Å². The van der Waals surface area contributed by atoms with E-state index in [0.717, 1.165) is 12.1 Å². The van der Waals surface area contributed by atoms with E-state index in [4.69, 9.17) is 28.5 Å². The summed E-state index contributed by atoms with van der Waals surface area (Å²) in [6.45, 7) is 2.68. The molecule has 0 heterocycles. The molecular weight excluding hydrogens is 219 g/mol. The second-order valence-electron chi connectivity index (χ2n) is 2.79. The lowest BCUT2D eigenvalue weighted by Crippen LogP contribution is -2.19. The monoisotopic (exact) mass is 228 g/mol. The molecule has 74 valence electrons. The van der Waals surface area contributed by atoms with E-state index >= 15 is 0 Å². The van der Waals surface area contributed by atoms with Crippen molar-refractivity contribution in [2.45, 2.75) is 13.0 Å². The van der Waals surface area contributed by atoms with Crippen LogP contribution in [0.4, 0.5) is 0 Å². The number of benzene rings is 1. The Balaban J connectivity index is 2.95. The van der Waals surface area contributed by atoms with Crippen molar-refractivity contribution >= 4 is 23.2 Å². The summed E-state index contributed by atoms with van der Waals surface area (Å²) >= 11 is 11.6. The molecule has 0 bridgehead atoms. The number of halogens is 2. The van der Waals surface area contributed by atoms with Crippen molar-refractivity contribution in [2.24, 2.45) is 0 Å². The van der Waals surface area contributed by atoms with Gasteiger partial charge in [0.2, 0.25) is 0 Å². The summed E-state index contributed by atoms with van der Waals surface area (Å²) in [6, 6.07) is 7.03. The maximum Gasteiger partial charge on any atom is 0.121 e. The molecule has 4 heteroatoms. The van der Waals surface area contributed by atoms with Gasteiger partial charge in [0.1, 0.15) is 6.04 Å². The van der Waals surface area contributed by atoms with Crippen LogP contribution >= 0.6 is 23.2 Å². The zero-order chi connectivity index (χ0) is 10.6. The van der Waals surface area contributed by atoms with Gasteiger partial charge < -0.3 is 0 Å². The van der Waals surface area contributed by atoms with Gasteiger partial charge in [-0.25, -0.2) is 0 Å². The predicted molar refractivity (Wildman–Crippen MR) is 58.5 cm³/mol. The van der Waals surface area contributed by atoms with E-state index < -0.39 is 0 Å². The van der Waals surface area contributed by atoms with Gasteiger partial charge >= 0.3 is 0 Å². The van der Waals surface area contributed by atoms with E-state index in [2.05, 4.69) is 11.4 Å². The van der Waals surface area contributed by atoms with Crippen LogP contribution in [-0.2, 0) is 0 Å². The molecule has 0 aliphatic carbocycles. The van der Waals surface area contributed by atoms with Gasteiger partial charge in [-0.15, -0.1) is 0 Å². The lowest BCUT2D eigenvalue weighted by Gasteiger charge is -2.10. The van der Waals surface area contributed by atoms with Crippen LogP contribution in [0.1, 0.15) is 18.5 Å². The summed E-state index contributed by atoms with van der Waals surface area (Å²) in [5.74, 6) is 0. The van der Waals surface area contributed by atoms with Gasteiger partial charge in [-0.1, -0.05) is 36.2 Å². The molecular formula is C10H10Cl2N2. The molecule has 0 amide bonds. The summed E-state index contributed by atoms with van der Waals surface area (Å²) < 4.78 is 0. The van der Waals surface area contributed by atoms with Gasteiger partial charge in [-0.05, 0) is 24.2 Å². The second-order valence-corrected chi connectivity index (χ2v) is 3.61. The summed E-state index contributed by atoms with van der Waals surface area (Å²) in [4.78, 5) is 0. The molecule has 0 fully saturated rings. The fourth-order valence-electron chi connectivity index (χ4n) is 1.13. The van der Waals surface area contributed by atoms with Crippen molar-refractivity contribution in [3.63, 3.8) is 0 Å². The molecule has 14 heavy (non-hydrogen) atoms. The molecule has 0 saturated carbocycles. The number of hydrogen-bond acceptors (Lipinski definition) is 2. The minimum Gasteiger partial charge on any atom is -0.298 e. The van der Waals surface area contributed by atoms with Gasteiger partial charge in [-0.3, -0.25) is 5.32 Å². The maximum absolute atomic E-state index is 8.88. The van der Waals surface area contributed by atoms with E-state index in [1.807, 2.05) is 6.92 Å². The zero-order valence-electron chi connectivity index (χ0n) is 7.72. The van der Waals surface area contributed by atoms with Crippen molar-refractivity contribution in [1.82, 2.24) is 5.32 Å². The van der Waals surface area contributed by atoms with Crippen molar-refractivity contribution in [3.05, 3.63) is 33.8 Å². The van der Waals surface area contributed by atoms with Crippen molar-refractivity contribution in [2.75, 3.05) is 6.54 Å². The number of hydrogen-bond donors (Lipinski definition) is 1. The zero-order valence-corrected chi connectivity index (χ0v) is 9.23. The Bertz CT molecular complexity index is 358. The molecule has 0 unspecified atom stereocenters. The van der Waals surface area contributed by atoms with Crippen LogP contribution in [0.3, 0.4) is 0 Å². The minimum absolute atomic E-state index is 0.324. The van der Waals surface area contributed by atoms with Gasteiger partial charge in [0.25, 0.3) is 0 Å². The van der Waals surface area contributed by atoms with Crippen molar-refractivity contribution in [3.8, 4) is 6.07 Å². The van der Waals surface area contributed by atoms with Gasteiger partial charge in [0.05, 0.1) is 16.1 Å². The summed E-state index contributed by atoms with van der Waals surface area (Å²) in [6.07, 6.45) is 0. The number of nitrogens with zero attached hydrogens (tertiary/aromatic N) is 1. The highest BCUT2D eigenvalue weighted by Gasteiger charge is 2.09. The minimum atomic E-state index is -0.324. The third kappa shape index (κ3) is 2.62. The lowest BCUT2D eigenvalue weighted by atomic mass is 10.1. The van der Waals surface area contributed by atoms with E-state index in [1.54, 1.807) is 18.2 Å². The molecule has 0 radical (unpaired) electrons. The first kappa shape index (κ1) is 11.3. The van der Waals surface area contributed by atoms with Crippen LogP contribution in [0.5, 0.6) is 0 Å². The molecule has 0 aliphatic rings. The Morgan fingerprint density at radius 2 is 2.14 bits per heavy atom. The predicted octanol–water partition coefficient (Wildman–Crippen LogP) is 3.17. The van der Waals surface area contributed by atoms with Crippen LogP contribution in [0, 0.1) is 11.3 Å². The summed E-state index contributed by atoms with van der Waals surface area (Å²) in [5.41, 5.74) is 0.837. The average molecular weight is 229 g/mol. The SMILES string of the molecule is CCN[C@H](C#N)c1ccc(Cl)c(Cl)c1. The summed E-state index contributed by atoms with van der Waals surface area (Å²) in [7, 11) is 0. The van der Waals surface area contributed by atoms with Gasteiger partial charge in [-0.2, -0.15) is 5.26 Å². The van der Waals surface area contributed by atoms with Crippen LogP contribution in [0.15, 0.2) is 18.2 Å². The molecule has 1 N–H and O–H groups in total. The molecule has 1 rings (SSSR count). The highest BCUT2D eigenvalue weighted by atomic mass is 35.5. The normalized spacial score (nSPS) is 12.1. The van der Waals surface area contributed by atoms with E-state index in [1.165, 1.54) is 0 Å². The molecule has 0 aliphatic heterocycles. The third-order valence-electron chi connectivity index (χ3n) is 1.81. The van der Waals surface area contributed by atoms with E-state index in [9.17, 15) is 0 Å². The molecule has 1 aromatic rings. The average Bonchev–Trinajstić information content (AvgIpc) is 2.19. The first-order valence-corrected chi connectivity index (χ1v) is 5.02. The Morgan fingerprint density at radius 1 is 1.43 bits per heavy atom. The lowest BCUT2D eigenvalue weighted by molar-refractivity contribution is 0.658. The molecule has 1 atom stereocenters. The standard InChI is InChI=1S/C10H10Cl2N2/c1-2-14-10(6-13)7-3-4-8(11)9(12)5-7/h3-5,10,14H,2H2,1H3/t10-/m1/s1. The van der Waals surface area contributed by atoms with Crippen molar-refractivity contribution < 1.29 is 0 Å². The smallest absolute Gasteiger partial charge is 0.121 e. The Morgan fingerprint density at radius 3 is 2.64 bits per heavy atom.